The highest BCUT2D eigenvalue weighted by Crippen LogP contribution is 2.19. The van der Waals surface area contributed by atoms with E-state index in [1.165, 1.54) is 17.3 Å². The standard InChI is InChI=1S/C15H10N6O/c22-15(20-21-8-16-17-9-21)10-4-3-7-13-14(10)19-12-6-2-1-5-11(12)18-13/h1-9H,(H,20,22). The quantitative estimate of drug-likeness (QED) is 0.568. The molecule has 106 valence electrons. The van der Waals surface area contributed by atoms with Crippen molar-refractivity contribution in [3.8, 4) is 0 Å². The fourth-order valence-electron chi connectivity index (χ4n) is 2.26. The highest BCUT2D eigenvalue weighted by Gasteiger charge is 2.13. The van der Waals surface area contributed by atoms with Gasteiger partial charge in [0.25, 0.3) is 5.91 Å². The molecule has 4 rings (SSSR count). The first-order valence-corrected chi connectivity index (χ1v) is 6.63. The second kappa shape index (κ2) is 4.88. The van der Waals surface area contributed by atoms with Crippen LogP contribution in [0.15, 0.2) is 55.1 Å². The molecule has 0 aliphatic rings. The first kappa shape index (κ1) is 12.4. The van der Waals surface area contributed by atoms with Crippen molar-refractivity contribution in [2.45, 2.75) is 0 Å². The van der Waals surface area contributed by atoms with Crippen LogP contribution in [0.25, 0.3) is 22.1 Å². The molecule has 22 heavy (non-hydrogen) atoms. The third-order valence-electron chi connectivity index (χ3n) is 3.26. The van der Waals surface area contributed by atoms with Crippen molar-refractivity contribution in [1.29, 1.82) is 0 Å². The Bertz CT molecular complexity index is 980. The number of hydrogen-bond acceptors (Lipinski definition) is 5. The van der Waals surface area contributed by atoms with E-state index in [0.717, 1.165) is 11.0 Å². The highest BCUT2D eigenvalue weighted by molar-refractivity contribution is 6.09. The van der Waals surface area contributed by atoms with Gasteiger partial charge in [-0.25, -0.2) is 14.6 Å². The third kappa shape index (κ3) is 2.05. The van der Waals surface area contributed by atoms with Gasteiger partial charge in [-0.1, -0.05) is 18.2 Å². The maximum atomic E-state index is 12.4. The molecule has 0 saturated carbocycles. The molecule has 0 aliphatic carbocycles. The fraction of sp³-hybridized carbons (Fsp3) is 0. The van der Waals surface area contributed by atoms with Crippen molar-refractivity contribution in [3.05, 3.63) is 60.7 Å². The second-order valence-corrected chi connectivity index (χ2v) is 4.70. The van der Waals surface area contributed by atoms with Crippen molar-refractivity contribution in [2.75, 3.05) is 5.43 Å². The van der Waals surface area contributed by atoms with E-state index in [1.54, 1.807) is 12.1 Å². The Morgan fingerprint density at radius 2 is 1.55 bits per heavy atom. The first-order valence-electron chi connectivity index (χ1n) is 6.63. The SMILES string of the molecule is O=C(Nn1cnnc1)c1cccc2nc3ccccc3nc12. The number of aromatic nitrogens is 5. The molecule has 0 aliphatic heterocycles. The summed E-state index contributed by atoms with van der Waals surface area (Å²) in [5, 5.41) is 7.28. The van der Waals surface area contributed by atoms with Crippen molar-refractivity contribution in [1.82, 2.24) is 24.8 Å². The number of nitrogens with zero attached hydrogens (tertiary/aromatic N) is 5. The van der Waals surface area contributed by atoms with Gasteiger partial charge in [-0.3, -0.25) is 10.2 Å². The molecule has 0 fully saturated rings. The molecule has 7 nitrogen and oxygen atoms in total. The summed E-state index contributed by atoms with van der Waals surface area (Å²) in [6, 6.07) is 12.9. The first-order chi connectivity index (χ1) is 10.8. The zero-order valence-electron chi connectivity index (χ0n) is 11.3. The zero-order chi connectivity index (χ0) is 14.9. The molecule has 4 aromatic rings. The Morgan fingerprint density at radius 3 is 2.32 bits per heavy atom. The van der Waals surface area contributed by atoms with Gasteiger partial charge in [-0.05, 0) is 24.3 Å². The molecular weight excluding hydrogens is 280 g/mol. The van der Waals surface area contributed by atoms with Gasteiger partial charge in [-0.15, -0.1) is 10.2 Å². The number of fused-ring (bicyclic) bond motifs is 2. The number of carbonyl (C=O) groups is 1. The minimum atomic E-state index is -0.296. The molecule has 0 bridgehead atoms. The molecule has 2 aromatic carbocycles. The molecule has 2 aromatic heterocycles. The minimum Gasteiger partial charge on any atom is -0.267 e. The van der Waals surface area contributed by atoms with Crippen LogP contribution < -0.4 is 5.43 Å². The number of para-hydroxylation sites is 3. The van der Waals surface area contributed by atoms with Gasteiger partial charge in [-0.2, -0.15) is 0 Å². The van der Waals surface area contributed by atoms with E-state index in [9.17, 15) is 4.79 Å². The van der Waals surface area contributed by atoms with Crippen LogP contribution in [0.3, 0.4) is 0 Å². The lowest BCUT2D eigenvalue weighted by Gasteiger charge is -2.07. The van der Waals surface area contributed by atoms with E-state index in [-0.39, 0.29) is 5.91 Å². The van der Waals surface area contributed by atoms with Gasteiger partial charge >= 0.3 is 0 Å². The molecule has 1 N–H and O–H groups in total. The summed E-state index contributed by atoms with van der Waals surface area (Å²) in [6.45, 7) is 0. The van der Waals surface area contributed by atoms with Crippen LogP contribution in [0.4, 0.5) is 0 Å². The van der Waals surface area contributed by atoms with E-state index in [4.69, 9.17) is 0 Å². The lowest BCUT2D eigenvalue weighted by Crippen LogP contribution is -2.22. The monoisotopic (exact) mass is 290 g/mol. The molecular formula is C15H10N6O. The summed E-state index contributed by atoms with van der Waals surface area (Å²) in [6.07, 6.45) is 2.81. The van der Waals surface area contributed by atoms with Crippen LogP contribution in [0, 0.1) is 0 Å². The van der Waals surface area contributed by atoms with Gasteiger partial charge in [0, 0.05) is 0 Å². The van der Waals surface area contributed by atoms with Crippen LogP contribution >= 0.6 is 0 Å². The predicted molar refractivity (Wildman–Crippen MR) is 80.8 cm³/mol. The Labute approximate surface area is 124 Å². The van der Waals surface area contributed by atoms with E-state index < -0.39 is 0 Å². The number of hydrogen-bond donors (Lipinski definition) is 1. The lowest BCUT2D eigenvalue weighted by atomic mass is 10.1. The normalized spacial score (nSPS) is 10.9. The molecule has 0 radical (unpaired) electrons. The molecule has 7 heteroatoms. The summed E-state index contributed by atoms with van der Waals surface area (Å²) in [5.74, 6) is -0.296. The van der Waals surface area contributed by atoms with E-state index in [2.05, 4.69) is 25.6 Å². The maximum absolute atomic E-state index is 12.4. The van der Waals surface area contributed by atoms with Gasteiger partial charge in [0.1, 0.15) is 18.2 Å². The zero-order valence-corrected chi connectivity index (χ0v) is 11.3. The Hall–Kier alpha value is -3.35. The van der Waals surface area contributed by atoms with Crippen molar-refractivity contribution in [2.24, 2.45) is 0 Å². The maximum Gasteiger partial charge on any atom is 0.272 e. The molecule has 0 atom stereocenters. The second-order valence-electron chi connectivity index (χ2n) is 4.70. The average molecular weight is 290 g/mol. The topological polar surface area (TPSA) is 85.6 Å². The summed E-state index contributed by atoms with van der Waals surface area (Å²) >= 11 is 0. The van der Waals surface area contributed by atoms with Crippen LogP contribution in [0.2, 0.25) is 0 Å². The fourth-order valence-corrected chi connectivity index (χ4v) is 2.26. The number of nitrogens with one attached hydrogen (secondary N) is 1. The van der Waals surface area contributed by atoms with Crippen LogP contribution in [-0.4, -0.2) is 30.7 Å². The molecule has 2 heterocycles. The van der Waals surface area contributed by atoms with E-state index in [1.807, 2.05) is 30.3 Å². The number of amides is 1. The number of carbonyl (C=O) groups excluding carboxylic acids is 1. The molecule has 0 saturated heterocycles. The van der Waals surface area contributed by atoms with Gasteiger partial charge < -0.3 is 0 Å². The molecule has 1 amide bonds. The number of rotatable bonds is 2. The summed E-state index contributed by atoms with van der Waals surface area (Å²) in [7, 11) is 0. The predicted octanol–water partition coefficient (Wildman–Crippen LogP) is 1.76. The van der Waals surface area contributed by atoms with Crippen LogP contribution in [0.1, 0.15) is 10.4 Å². The van der Waals surface area contributed by atoms with Crippen LogP contribution in [0.5, 0.6) is 0 Å². The van der Waals surface area contributed by atoms with E-state index in [0.29, 0.717) is 16.6 Å². The average Bonchev–Trinajstić information content (AvgIpc) is 3.05. The summed E-state index contributed by atoms with van der Waals surface area (Å²) < 4.78 is 1.38. The summed E-state index contributed by atoms with van der Waals surface area (Å²) in [4.78, 5) is 21.5. The van der Waals surface area contributed by atoms with Gasteiger partial charge in [0.15, 0.2) is 0 Å². The Balaban J connectivity index is 1.86. The van der Waals surface area contributed by atoms with Crippen molar-refractivity contribution in [3.63, 3.8) is 0 Å². The third-order valence-corrected chi connectivity index (χ3v) is 3.26. The van der Waals surface area contributed by atoms with Crippen molar-refractivity contribution >= 4 is 28.0 Å². The molecule has 0 spiro atoms. The lowest BCUT2D eigenvalue weighted by molar-refractivity contribution is 0.101. The van der Waals surface area contributed by atoms with Crippen molar-refractivity contribution < 1.29 is 4.79 Å². The van der Waals surface area contributed by atoms with Crippen LogP contribution in [-0.2, 0) is 0 Å². The number of benzene rings is 2. The smallest absolute Gasteiger partial charge is 0.267 e. The molecule has 0 unspecified atom stereocenters. The highest BCUT2D eigenvalue weighted by atomic mass is 16.2. The Morgan fingerprint density at radius 1 is 0.864 bits per heavy atom. The van der Waals surface area contributed by atoms with E-state index >= 15 is 0 Å². The summed E-state index contributed by atoms with van der Waals surface area (Å²) in [5.41, 5.74) is 5.90. The Kier molecular flexibility index (Phi) is 2.75. The minimum absolute atomic E-state index is 0.296. The van der Waals surface area contributed by atoms with Gasteiger partial charge in [0.2, 0.25) is 0 Å². The van der Waals surface area contributed by atoms with Gasteiger partial charge in [0.05, 0.1) is 22.1 Å². The largest absolute Gasteiger partial charge is 0.272 e.